The summed E-state index contributed by atoms with van der Waals surface area (Å²) in [5, 5.41) is 14.8. The minimum absolute atomic E-state index is 0.104. The highest BCUT2D eigenvalue weighted by atomic mass is 32.1. The van der Waals surface area contributed by atoms with Gasteiger partial charge in [-0.3, -0.25) is 4.79 Å². The van der Waals surface area contributed by atoms with Gasteiger partial charge < -0.3 is 15.3 Å². The van der Waals surface area contributed by atoms with E-state index < -0.39 is 11.7 Å². The van der Waals surface area contributed by atoms with Gasteiger partial charge in [0.15, 0.2) is 0 Å². The summed E-state index contributed by atoms with van der Waals surface area (Å²) in [6, 6.07) is 0. The molecule has 1 amide bonds. The number of amides is 1. The predicted octanol–water partition coefficient (Wildman–Crippen LogP) is 0.320. The number of oxime groups is 1. The molecule has 0 radical (unpaired) electrons. The Bertz CT molecular complexity index is 442. The molecule has 0 aliphatic heterocycles. The molecule has 8 nitrogen and oxygen atoms in total. The van der Waals surface area contributed by atoms with Crippen molar-refractivity contribution in [3.63, 3.8) is 0 Å². The molecule has 1 aromatic heterocycles. The van der Waals surface area contributed by atoms with E-state index in [0.29, 0.717) is 6.41 Å². The van der Waals surface area contributed by atoms with E-state index in [9.17, 15) is 9.59 Å². The summed E-state index contributed by atoms with van der Waals surface area (Å²) in [7, 11) is 0. The van der Waals surface area contributed by atoms with Gasteiger partial charge >= 0.3 is 5.97 Å². The zero-order valence-corrected chi connectivity index (χ0v) is 9.89. The van der Waals surface area contributed by atoms with Crippen molar-refractivity contribution in [3.8, 4) is 0 Å². The van der Waals surface area contributed by atoms with Gasteiger partial charge in [-0.25, -0.2) is 4.79 Å². The molecule has 0 fully saturated rings. The summed E-state index contributed by atoms with van der Waals surface area (Å²) in [6.07, 6.45) is 0.169. The third kappa shape index (κ3) is 3.79. The second-order valence-electron chi connectivity index (χ2n) is 3.08. The minimum Gasteiger partial charge on any atom is -0.476 e. The monoisotopic (exact) mass is 258 g/mol. The Kier molecular flexibility index (Phi) is 4.52. The number of carbonyl (C=O) groups excluding carboxylic acids is 1. The van der Waals surface area contributed by atoms with E-state index in [4.69, 9.17) is 9.94 Å². The van der Waals surface area contributed by atoms with E-state index in [1.807, 2.05) is 0 Å². The Morgan fingerprint density at radius 2 is 2.35 bits per heavy atom. The van der Waals surface area contributed by atoms with Crippen molar-refractivity contribution < 1.29 is 19.5 Å². The van der Waals surface area contributed by atoms with Gasteiger partial charge in [0.25, 0.3) is 0 Å². The predicted molar refractivity (Wildman–Crippen MR) is 60.0 cm³/mol. The van der Waals surface area contributed by atoms with Crippen LogP contribution < -0.4 is 5.32 Å². The third-order valence-electron chi connectivity index (χ3n) is 1.38. The molecule has 0 aromatic carbocycles. The highest BCUT2D eigenvalue weighted by molar-refractivity contribution is 7.10. The first-order valence-electron chi connectivity index (χ1n) is 4.56. The number of nitrogens with one attached hydrogen (secondary N) is 1. The fraction of sp³-hybridized carbons (Fsp3) is 0.375. The summed E-state index contributed by atoms with van der Waals surface area (Å²) in [5.41, 5.74) is -0.408. The first kappa shape index (κ1) is 13.0. The quantitative estimate of drug-likeness (QED) is 0.431. The summed E-state index contributed by atoms with van der Waals surface area (Å²) in [6.45, 7) is 3.41. The van der Waals surface area contributed by atoms with Crippen molar-refractivity contribution in [1.29, 1.82) is 0 Å². The van der Waals surface area contributed by atoms with Crippen LogP contribution in [0.5, 0.6) is 0 Å². The maximum absolute atomic E-state index is 10.9. The lowest BCUT2D eigenvalue weighted by Crippen LogP contribution is -2.17. The summed E-state index contributed by atoms with van der Waals surface area (Å²) >= 11 is 0.851. The van der Waals surface area contributed by atoms with Crippen molar-refractivity contribution in [2.24, 2.45) is 5.16 Å². The molecule has 0 saturated carbocycles. The van der Waals surface area contributed by atoms with Gasteiger partial charge in [0.1, 0.15) is 6.10 Å². The van der Waals surface area contributed by atoms with Crippen LogP contribution >= 0.6 is 11.5 Å². The van der Waals surface area contributed by atoms with E-state index >= 15 is 0 Å². The van der Waals surface area contributed by atoms with Gasteiger partial charge in [-0.2, -0.15) is 9.36 Å². The highest BCUT2D eigenvalue weighted by Crippen LogP contribution is 2.11. The van der Waals surface area contributed by atoms with E-state index in [1.54, 1.807) is 13.8 Å². The highest BCUT2D eigenvalue weighted by Gasteiger charge is 2.19. The van der Waals surface area contributed by atoms with Crippen molar-refractivity contribution in [3.05, 3.63) is 5.82 Å². The fourth-order valence-corrected chi connectivity index (χ4v) is 1.29. The molecule has 9 heteroatoms. The molecule has 1 heterocycles. The summed E-state index contributed by atoms with van der Waals surface area (Å²) < 4.78 is 3.75. The third-order valence-corrected chi connectivity index (χ3v) is 2.02. The second kappa shape index (κ2) is 5.89. The van der Waals surface area contributed by atoms with Crippen LogP contribution in [0.4, 0.5) is 5.13 Å². The summed E-state index contributed by atoms with van der Waals surface area (Å²) in [4.78, 5) is 29.7. The molecule has 0 atom stereocenters. The number of aromatic nitrogens is 2. The van der Waals surface area contributed by atoms with Crippen molar-refractivity contribution >= 4 is 34.8 Å². The molecule has 1 rings (SSSR count). The number of anilines is 1. The normalized spacial score (nSPS) is 11.4. The van der Waals surface area contributed by atoms with E-state index in [-0.39, 0.29) is 17.1 Å². The summed E-state index contributed by atoms with van der Waals surface area (Å²) in [5.74, 6) is -1.41. The molecular formula is C8H10N4O4S. The lowest BCUT2D eigenvalue weighted by Gasteiger charge is -2.02. The molecule has 17 heavy (non-hydrogen) atoms. The van der Waals surface area contributed by atoms with Crippen LogP contribution in [0.15, 0.2) is 5.16 Å². The van der Waals surface area contributed by atoms with Gasteiger partial charge in [0.05, 0.1) is 0 Å². The number of aliphatic carboxylic acids is 1. The molecule has 0 saturated heterocycles. The van der Waals surface area contributed by atoms with Crippen LogP contribution in [0.3, 0.4) is 0 Å². The topological polar surface area (TPSA) is 114 Å². The van der Waals surface area contributed by atoms with Crippen LogP contribution in [0.1, 0.15) is 19.7 Å². The molecule has 1 aromatic rings. The molecule has 0 unspecified atom stereocenters. The molecule has 2 N–H and O–H groups in total. The molecule has 92 valence electrons. The Morgan fingerprint density at radius 3 is 2.88 bits per heavy atom. The zero-order valence-electron chi connectivity index (χ0n) is 9.08. The van der Waals surface area contributed by atoms with Gasteiger partial charge in [-0.05, 0) is 13.8 Å². The lowest BCUT2D eigenvalue weighted by molar-refractivity contribution is -0.129. The molecule has 0 bridgehead atoms. The van der Waals surface area contributed by atoms with Gasteiger partial charge in [0.2, 0.25) is 23.1 Å². The molecule has 0 spiro atoms. The second-order valence-corrected chi connectivity index (χ2v) is 3.84. The lowest BCUT2D eigenvalue weighted by atomic mass is 10.4. The maximum Gasteiger partial charge on any atom is 0.362 e. The van der Waals surface area contributed by atoms with Crippen molar-refractivity contribution in [1.82, 2.24) is 9.36 Å². The zero-order chi connectivity index (χ0) is 12.8. The van der Waals surface area contributed by atoms with Crippen molar-refractivity contribution in [2.75, 3.05) is 5.32 Å². The fourth-order valence-electron chi connectivity index (χ4n) is 0.762. The van der Waals surface area contributed by atoms with E-state index in [2.05, 4.69) is 19.8 Å². The van der Waals surface area contributed by atoms with Gasteiger partial charge in [0, 0.05) is 11.5 Å². The van der Waals surface area contributed by atoms with Crippen LogP contribution in [0.2, 0.25) is 0 Å². The minimum atomic E-state index is -1.30. The standard InChI is InChI=1S/C8H10N4O4S/c1-4(2)16-11-5(7(14)15)6-10-8(9-3-13)17-12-6/h3-4H,1-2H3,(H,14,15)(H,9,10,12,13)/b11-5-. The Labute approximate surface area is 100 Å². The van der Waals surface area contributed by atoms with Crippen LogP contribution in [0.25, 0.3) is 0 Å². The first-order chi connectivity index (χ1) is 8.04. The number of nitrogens with zero attached hydrogens (tertiary/aromatic N) is 3. The molecular weight excluding hydrogens is 248 g/mol. The van der Waals surface area contributed by atoms with Gasteiger partial charge in [-0.15, -0.1) is 0 Å². The Balaban J connectivity index is 2.93. The number of rotatable bonds is 6. The van der Waals surface area contributed by atoms with Crippen LogP contribution in [-0.2, 0) is 14.4 Å². The first-order valence-corrected chi connectivity index (χ1v) is 5.33. The Hall–Kier alpha value is -2.03. The smallest absolute Gasteiger partial charge is 0.362 e. The number of carbonyl (C=O) groups is 2. The van der Waals surface area contributed by atoms with Gasteiger partial charge in [-0.1, -0.05) is 5.16 Å². The largest absolute Gasteiger partial charge is 0.476 e. The maximum atomic E-state index is 10.9. The van der Waals surface area contributed by atoms with Crippen LogP contribution in [0, 0.1) is 0 Å². The van der Waals surface area contributed by atoms with Crippen molar-refractivity contribution in [2.45, 2.75) is 20.0 Å². The molecule has 0 aliphatic carbocycles. The van der Waals surface area contributed by atoms with Crippen LogP contribution in [-0.4, -0.2) is 38.7 Å². The number of hydrogen-bond acceptors (Lipinski definition) is 7. The van der Waals surface area contributed by atoms with E-state index in [1.165, 1.54) is 0 Å². The molecule has 0 aliphatic rings. The SMILES string of the molecule is CC(C)O/N=C(\C(=O)O)c1nsc(NC=O)n1. The number of hydrogen-bond donors (Lipinski definition) is 2. The average Bonchev–Trinajstić information content (AvgIpc) is 2.66. The average molecular weight is 258 g/mol. The van der Waals surface area contributed by atoms with E-state index in [0.717, 1.165) is 11.5 Å². The number of carboxylic acid groups (broad SMARTS) is 1. The number of carboxylic acids is 1. The Morgan fingerprint density at radius 1 is 1.65 bits per heavy atom.